The van der Waals surface area contributed by atoms with Gasteiger partial charge in [-0.3, -0.25) is 14.4 Å². The van der Waals surface area contributed by atoms with Crippen LogP contribution in [0.4, 0.5) is 4.79 Å². The van der Waals surface area contributed by atoms with Gasteiger partial charge in [0.25, 0.3) is 0 Å². The Morgan fingerprint density at radius 1 is 1.65 bits per heavy atom. The van der Waals surface area contributed by atoms with Gasteiger partial charge in [0.05, 0.1) is 13.2 Å². The third-order valence-electron chi connectivity index (χ3n) is 2.73. The molecule has 0 unspecified atom stereocenters. The Labute approximate surface area is 118 Å². The Hall–Kier alpha value is -1.83. The van der Waals surface area contributed by atoms with Crippen LogP contribution in [0.5, 0.6) is 0 Å². The Morgan fingerprint density at radius 2 is 2.40 bits per heavy atom. The van der Waals surface area contributed by atoms with E-state index in [-0.39, 0.29) is 18.4 Å². The molecule has 0 saturated carbocycles. The van der Waals surface area contributed by atoms with Gasteiger partial charge in [0.2, 0.25) is 13.8 Å². The van der Waals surface area contributed by atoms with Crippen LogP contribution in [0.1, 0.15) is 19.8 Å². The van der Waals surface area contributed by atoms with Crippen LogP contribution >= 0.6 is 0 Å². The highest BCUT2D eigenvalue weighted by Gasteiger charge is 2.25. The van der Waals surface area contributed by atoms with Crippen molar-refractivity contribution < 1.29 is 24.0 Å². The van der Waals surface area contributed by atoms with Crippen molar-refractivity contribution >= 4 is 25.5 Å². The van der Waals surface area contributed by atoms with Gasteiger partial charge in [-0.25, -0.2) is 10.3 Å². The molecule has 2 amide bonds. The van der Waals surface area contributed by atoms with Crippen LogP contribution in [0.3, 0.4) is 0 Å². The molecule has 0 aromatic heterocycles. The van der Waals surface area contributed by atoms with Crippen molar-refractivity contribution in [3.05, 3.63) is 12.2 Å². The second kappa shape index (κ2) is 8.37. The van der Waals surface area contributed by atoms with Crippen LogP contribution in [-0.4, -0.2) is 44.8 Å². The SMILES string of the molecule is [B]C(=O)N[C@H](C=CC(=O)OCC)C[C@@H]1CCONC1=O. The fourth-order valence-corrected chi connectivity index (χ4v) is 1.82. The fraction of sp³-hybridized carbons (Fsp3) is 0.583. The zero-order chi connectivity index (χ0) is 15.0. The van der Waals surface area contributed by atoms with E-state index in [1.54, 1.807) is 6.92 Å². The average molecular weight is 280 g/mol. The minimum absolute atomic E-state index is 0.253. The first-order valence-electron chi connectivity index (χ1n) is 6.35. The van der Waals surface area contributed by atoms with Crippen LogP contribution < -0.4 is 10.8 Å². The molecule has 2 N–H and O–H groups in total. The van der Waals surface area contributed by atoms with Crippen LogP contribution in [0, 0.1) is 5.92 Å². The molecule has 1 heterocycles. The summed E-state index contributed by atoms with van der Waals surface area (Å²) in [5, 5.41) is 2.47. The highest BCUT2D eigenvalue weighted by molar-refractivity contribution is 6.57. The van der Waals surface area contributed by atoms with Gasteiger partial charge >= 0.3 is 5.97 Å². The zero-order valence-corrected chi connectivity index (χ0v) is 11.3. The molecule has 8 heteroatoms. The standard InChI is InChI=1S/C12H17BN2O5/c1-2-19-10(16)4-3-9(14-12(13)18)7-8-5-6-20-15-11(8)17/h3-4,8-9H,2,5-7H2,1H3,(H,14,18)(H,15,17)/t8-,9+/m0/s1. The van der Waals surface area contributed by atoms with E-state index < -0.39 is 17.8 Å². The molecule has 0 aliphatic carbocycles. The number of esters is 1. The molecule has 2 atom stereocenters. The minimum Gasteiger partial charge on any atom is -0.463 e. The summed E-state index contributed by atoms with van der Waals surface area (Å²) < 4.78 is 4.74. The summed E-state index contributed by atoms with van der Waals surface area (Å²) in [7, 11) is 5.07. The molecule has 2 radical (unpaired) electrons. The van der Waals surface area contributed by atoms with E-state index in [1.807, 2.05) is 0 Å². The second-order valence-electron chi connectivity index (χ2n) is 4.26. The van der Waals surface area contributed by atoms with Crippen LogP contribution in [-0.2, 0) is 19.2 Å². The number of hydroxylamine groups is 1. The molecule has 1 aliphatic rings. The van der Waals surface area contributed by atoms with Crippen molar-refractivity contribution in [2.75, 3.05) is 13.2 Å². The molecule has 1 rings (SSSR count). The summed E-state index contributed by atoms with van der Waals surface area (Å²) >= 11 is 0. The molecule has 7 nitrogen and oxygen atoms in total. The smallest absolute Gasteiger partial charge is 0.330 e. The van der Waals surface area contributed by atoms with E-state index in [9.17, 15) is 14.4 Å². The van der Waals surface area contributed by atoms with E-state index >= 15 is 0 Å². The molecule has 0 spiro atoms. The van der Waals surface area contributed by atoms with Gasteiger partial charge in [0.1, 0.15) is 0 Å². The van der Waals surface area contributed by atoms with Gasteiger partial charge in [0.15, 0.2) is 5.81 Å². The summed E-state index contributed by atoms with van der Waals surface area (Å²) in [6, 6.07) is -0.522. The Morgan fingerprint density at radius 3 is 3.00 bits per heavy atom. The fourth-order valence-electron chi connectivity index (χ4n) is 1.82. The van der Waals surface area contributed by atoms with E-state index in [4.69, 9.17) is 17.4 Å². The Kier molecular flexibility index (Phi) is 6.79. The van der Waals surface area contributed by atoms with Gasteiger partial charge in [0, 0.05) is 18.0 Å². The molecular formula is C12H17BN2O5. The molecule has 0 aromatic rings. The lowest BCUT2D eigenvalue weighted by Gasteiger charge is -2.24. The van der Waals surface area contributed by atoms with Crippen molar-refractivity contribution in [3.63, 3.8) is 0 Å². The molecule has 0 bridgehead atoms. The molecular weight excluding hydrogens is 263 g/mol. The molecule has 1 fully saturated rings. The summed E-state index contributed by atoms with van der Waals surface area (Å²) in [5.41, 5.74) is 2.28. The number of carbonyl (C=O) groups is 3. The maximum Gasteiger partial charge on any atom is 0.330 e. The number of ether oxygens (including phenoxy) is 1. The number of rotatable bonds is 6. The predicted octanol–water partition coefficient (Wildman–Crippen LogP) is -0.190. The first kappa shape index (κ1) is 16.2. The number of amides is 2. The van der Waals surface area contributed by atoms with Gasteiger partial charge in [-0.15, -0.1) is 0 Å². The lowest BCUT2D eigenvalue weighted by Crippen LogP contribution is -2.42. The summed E-state index contributed by atoms with van der Waals surface area (Å²) in [6.45, 7) is 2.36. The van der Waals surface area contributed by atoms with Crippen molar-refractivity contribution in [1.82, 2.24) is 10.8 Å². The largest absolute Gasteiger partial charge is 0.463 e. The van der Waals surface area contributed by atoms with Gasteiger partial charge in [-0.1, -0.05) is 6.08 Å². The van der Waals surface area contributed by atoms with E-state index in [1.165, 1.54) is 12.2 Å². The maximum absolute atomic E-state index is 11.6. The lowest BCUT2D eigenvalue weighted by molar-refractivity contribution is -0.145. The summed E-state index contributed by atoms with van der Waals surface area (Å²) in [6.07, 6.45) is 3.54. The minimum atomic E-state index is -0.726. The summed E-state index contributed by atoms with van der Waals surface area (Å²) in [5.74, 6) is -1.80. The third-order valence-corrected chi connectivity index (χ3v) is 2.73. The van der Waals surface area contributed by atoms with Crippen molar-refractivity contribution in [3.8, 4) is 0 Å². The van der Waals surface area contributed by atoms with E-state index in [0.29, 0.717) is 19.4 Å². The maximum atomic E-state index is 11.6. The topological polar surface area (TPSA) is 93.7 Å². The second-order valence-corrected chi connectivity index (χ2v) is 4.26. The first-order chi connectivity index (χ1) is 9.52. The predicted molar refractivity (Wildman–Crippen MR) is 70.7 cm³/mol. The normalized spacial score (nSPS) is 20.2. The molecule has 20 heavy (non-hydrogen) atoms. The lowest BCUT2D eigenvalue weighted by atomic mass is 9.94. The van der Waals surface area contributed by atoms with Crippen molar-refractivity contribution in [1.29, 1.82) is 0 Å². The van der Waals surface area contributed by atoms with Crippen LogP contribution in [0.2, 0.25) is 0 Å². The van der Waals surface area contributed by atoms with Crippen molar-refractivity contribution in [2.45, 2.75) is 25.8 Å². The van der Waals surface area contributed by atoms with Crippen LogP contribution in [0.25, 0.3) is 0 Å². The van der Waals surface area contributed by atoms with E-state index in [0.717, 1.165) is 0 Å². The number of carbonyl (C=O) groups excluding carboxylic acids is 3. The zero-order valence-electron chi connectivity index (χ0n) is 11.3. The van der Waals surface area contributed by atoms with Gasteiger partial charge in [-0.2, -0.15) is 0 Å². The molecule has 1 saturated heterocycles. The third kappa shape index (κ3) is 5.88. The molecule has 1 aliphatic heterocycles. The van der Waals surface area contributed by atoms with Gasteiger partial charge in [-0.05, 0) is 19.8 Å². The average Bonchev–Trinajstić information content (AvgIpc) is 2.38. The first-order valence-corrected chi connectivity index (χ1v) is 6.35. The van der Waals surface area contributed by atoms with Crippen molar-refractivity contribution in [2.24, 2.45) is 5.92 Å². The Balaban J connectivity index is 2.61. The highest BCUT2D eigenvalue weighted by Crippen LogP contribution is 2.16. The van der Waals surface area contributed by atoms with Gasteiger partial charge < -0.3 is 10.1 Å². The van der Waals surface area contributed by atoms with Crippen LogP contribution in [0.15, 0.2) is 12.2 Å². The Bertz CT molecular complexity index is 399. The molecule has 108 valence electrons. The molecule has 0 aromatic carbocycles. The van der Waals surface area contributed by atoms with E-state index in [2.05, 4.69) is 10.8 Å². The quantitative estimate of drug-likeness (QED) is 0.399. The number of hydrogen-bond donors (Lipinski definition) is 2. The highest BCUT2D eigenvalue weighted by atomic mass is 16.7. The number of nitrogens with one attached hydrogen (secondary N) is 2. The number of hydrogen-bond acceptors (Lipinski definition) is 5. The monoisotopic (exact) mass is 280 g/mol. The summed E-state index contributed by atoms with van der Waals surface area (Å²) in [4.78, 5) is 38.5.